The number of carbonyl (C=O) groups is 1. The largest absolute Gasteiger partial charge is 0.467 e. The van der Waals surface area contributed by atoms with Gasteiger partial charge in [-0.25, -0.2) is 4.79 Å². The fraction of sp³-hybridized carbons (Fsp3) is 0.812. The maximum atomic E-state index is 11.5. The van der Waals surface area contributed by atoms with Crippen molar-refractivity contribution in [3.05, 3.63) is 11.6 Å². The van der Waals surface area contributed by atoms with Gasteiger partial charge in [-0.05, 0) is 36.5 Å². The second-order valence-electron chi connectivity index (χ2n) is 6.88. The molecule has 0 heterocycles. The normalized spacial score (nSPS) is 15.0. The molecule has 0 amide bonds. The predicted octanol–water partition coefficient (Wildman–Crippen LogP) is 3.66. The Hall–Kier alpha value is -0.653. The van der Waals surface area contributed by atoms with Crippen molar-refractivity contribution in [3.8, 4) is 0 Å². The highest BCUT2D eigenvalue weighted by Crippen LogP contribution is 2.36. The first-order valence-corrected chi connectivity index (χ1v) is 10.6. The van der Waals surface area contributed by atoms with E-state index in [0.717, 1.165) is 12.8 Å². The van der Waals surface area contributed by atoms with E-state index in [1.165, 1.54) is 7.11 Å². The number of rotatable bonds is 8. The molecule has 0 radical (unpaired) electrons. The zero-order valence-electron chi connectivity index (χ0n) is 14.7. The van der Waals surface area contributed by atoms with Crippen molar-refractivity contribution in [3.63, 3.8) is 0 Å². The number of methoxy groups -OCH3 is 1. The molecule has 1 unspecified atom stereocenters. The molecule has 0 fully saturated rings. The summed E-state index contributed by atoms with van der Waals surface area (Å²) in [4.78, 5) is 11.5. The lowest BCUT2D eigenvalue weighted by molar-refractivity contribution is -0.148. The van der Waals surface area contributed by atoms with Crippen molar-refractivity contribution in [2.45, 2.75) is 71.2 Å². The summed E-state index contributed by atoms with van der Waals surface area (Å²) < 4.78 is 10.7. The quantitative estimate of drug-likeness (QED) is 0.422. The minimum absolute atomic E-state index is 0.144. The molecule has 0 aliphatic rings. The second kappa shape index (κ2) is 8.71. The Labute approximate surface area is 130 Å². The van der Waals surface area contributed by atoms with Gasteiger partial charge in [0.05, 0.1) is 13.7 Å². The van der Waals surface area contributed by atoms with Crippen LogP contribution in [0.15, 0.2) is 11.6 Å². The van der Waals surface area contributed by atoms with Crippen LogP contribution in [0.2, 0.25) is 18.1 Å². The summed E-state index contributed by atoms with van der Waals surface area (Å²) in [5.41, 5.74) is 0.697. The van der Waals surface area contributed by atoms with Gasteiger partial charge in [-0.1, -0.05) is 40.2 Å². The Balaban J connectivity index is 4.82. The van der Waals surface area contributed by atoms with E-state index < -0.39 is 20.4 Å². The van der Waals surface area contributed by atoms with Crippen LogP contribution in [0.5, 0.6) is 0 Å². The summed E-state index contributed by atoms with van der Waals surface area (Å²) in [7, 11) is -0.529. The van der Waals surface area contributed by atoms with Gasteiger partial charge in [-0.3, -0.25) is 0 Å². The van der Waals surface area contributed by atoms with Crippen molar-refractivity contribution in [1.82, 2.24) is 0 Å². The SMILES string of the molecule is CCCC/C(=C/CO[Si](C)(C)C(C)(C)C)C(O)C(=O)OC. The van der Waals surface area contributed by atoms with E-state index in [4.69, 9.17) is 4.43 Å². The van der Waals surface area contributed by atoms with Gasteiger partial charge in [-0.15, -0.1) is 0 Å². The number of esters is 1. The van der Waals surface area contributed by atoms with Crippen LogP contribution in [-0.4, -0.2) is 39.2 Å². The maximum Gasteiger partial charge on any atom is 0.339 e. The third-order valence-corrected chi connectivity index (χ3v) is 8.69. The Morgan fingerprint density at radius 3 is 2.33 bits per heavy atom. The van der Waals surface area contributed by atoms with Gasteiger partial charge >= 0.3 is 5.97 Å². The van der Waals surface area contributed by atoms with Crippen molar-refractivity contribution >= 4 is 14.3 Å². The first-order chi connectivity index (χ1) is 9.56. The van der Waals surface area contributed by atoms with Crippen molar-refractivity contribution < 1.29 is 19.1 Å². The third-order valence-electron chi connectivity index (χ3n) is 4.19. The van der Waals surface area contributed by atoms with E-state index in [2.05, 4.69) is 45.5 Å². The van der Waals surface area contributed by atoms with Crippen molar-refractivity contribution in [2.24, 2.45) is 0 Å². The zero-order valence-corrected chi connectivity index (χ0v) is 15.7. The summed E-state index contributed by atoms with van der Waals surface area (Å²) in [6, 6.07) is 0. The molecule has 0 aliphatic carbocycles. The van der Waals surface area contributed by atoms with E-state index >= 15 is 0 Å². The summed E-state index contributed by atoms with van der Waals surface area (Å²) in [5.74, 6) is -0.607. The van der Waals surface area contributed by atoms with E-state index in [9.17, 15) is 9.90 Å². The first-order valence-electron chi connectivity index (χ1n) is 7.65. The summed E-state index contributed by atoms with van der Waals surface area (Å²) >= 11 is 0. The lowest BCUT2D eigenvalue weighted by Crippen LogP contribution is -2.40. The fourth-order valence-corrected chi connectivity index (χ4v) is 2.50. The molecule has 0 aromatic carbocycles. The molecule has 0 bridgehead atoms. The van der Waals surface area contributed by atoms with Crippen LogP contribution in [-0.2, 0) is 14.0 Å². The van der Waals surface area contributed by atoms with Gasteiger partial charge in [0.1, 0.15) is 0 Å². The lowest BCUT2D eigenvalue weighted by atomic mass is 10.0. The number of ether oxygens (including phenoxy) is 1. The maximum absolute atomic E-state index is 11.5. The van der Waals surface area contributed by atoms with E-state index in [1.54, 1.807) is 0 Å². The highest BCUT2D eigenvalue weighted by Gasteiger charge is 2.36. The van der Waals surface area contributed by atoms with Gasteiger partial charge in [0.2, 0.25) is 0 Å². The van der Waals surface area contributed by atoms with Crippen LogP contribution in [0.1, 0.15) is 47.0 Å². The van der Waals surface area contributed by atoms with Gasteiger partial charge in [0.15, 0.2) is 14.4 Å². The molecule has 0 rings (SSSR count). The standard InChI is InChI=1S/C16H32O4Si/c1-8-9-10-13(14(17)15(18)19-5)11-12-20-21(6,7)16(2,3)4/h11,14,17H,8-10,12H2,1-7H3/b13-11-. The molecule has 0 spiro atoms. The van der Waals surface area contributed by atoms with Crippen molar-refractivity contribution in [2.75, 3.05) is 13.7 Å². The Morgan fingerprint density at radius 1 is 1.33 bits per heavy atom. The molecule has 124 valence electrons. The van der Waals surface area contributed by atoms with Gasteiger partial charge in [-0.2, -0.15) is 0 Å². The molecule has 1 N–H and O–H groups in total. The summed E-state index contributed by atoms with van der Waals surface area (Å²) in [5, 5.41) is 10.2. The Kier molecular flexibility index (Phi) is 8.44. The first kappa shape index (κ1) is 20.3. The Morgan fingerprint density at radius 2 is 1.90 bits per heavy atom. The number of aliphatic hydroxyl groups is 1. The minimum atomic E-state index is -1.82. The zero-order chi connectivity index (χ0) is 16.7. The monoisotopic (exact) mass is 316 g/mol. The van der Waals surface area contributed by atoms with E-state index in [0.29, 0.717) is 18.6 Å². The molecule has 1 atom stereocenters. The van der Waals surface area contributed by atoms with Crippen LogP contribution >= 0.6 is 0 Å². The van der Waals surface area contributed by atoms with Gasteiger partial charge < -0.3 is 14.3 Å². The van der Waals surface area contributed by atoms with Gasteiger partial charge in [0, 0.05) is 0 Å². The highest BCUT2D eigenvalue weighted by molar-refractivity contribution is 6.74. The molecule has 0 aromatic heterocycles. The topological polar surface area (TPSA) is 55.8 Å². The molecule has 0 saturated carbocycles. The Bertz CT molecular complexity index is 356. The lowest BCUT2D eigenvalue weighted by Gasteiger charge is -2.35. The number of carbonyl (C=O) groups excluding carboxylic acids is 1. The van der Waals surface area contributed by atoms with Crippen LogP contribution in [0, 0.1) is 0 Å². The predicted molar refractivity (Wildman–Crippen MR) is 88.8 cm³/mol. The average molecular weight is 317 g/mol. The van der Waals surface area contributed by atoms with E-state index in [-0.39, 0.29) is 5.04 Å². The van der Waals surface area contributed by atoms with Crippen LogP contribution in [0.3, 0.4) is 0 Å². The molecule has 21 heavy (non-hydrogen) atoms. The van der Waals surface area contributed by atoms with E-state index in [1.807, 2.05) is 6.08 Å². The number of unbranched alkanes of at least 4 members (excludes halogenated alkanes) is 1. The minimum Gasteiger partial charge on any atom is -0.467 e. The molecular weight excluding hydrogens is 284 g/mol. The fourth-order valence-electron chi connectivity index (χ4n) is 1.57. The van der Waals surface area contributed by atoms with Crippen LogP contribution < -0.4 is 0 Å². The van der Waals surface area contributed by atoms with Crippen LogP contribution in [0.4, 0.5) is 0 Å². The van der Waals surface area contributed by atoms with Gasteiger partial charge in [0.25, 0.3) is 0 Å². The summed E-state index contributed by atoms with van der Waals surface area (Å²) in [6.45, 7) is 13.4. The summed E-state index contributed by atoms with van der Waals surface area (Å²) in [6.07, 6.45) is 3.30. The molecular formula is C16H32O4Si. The number of hydrogen-bond donors (Lipinski definition) is 1. The molecule has 4 nitrogen and oxygen atoms in total. The van der Waals surface area contributed by atoms with Crippen LogP contribution in [0.25, 0.3) is 0 Å². The molecule has 0 aliphatic heterocycles. The molecule has 5 heteroatoms. The van der Waals surface area contributed by atoms with Crippen molar-refractivity contribution in [1.29, 1.82) is 0 Å². The number of aliphatic hydroxyl groups excluding tert-OH is 1. The highest BCUT2D eigenvalue weighted by atomic mass is 28.4. The second-order valence-corrected chi connectivity index (χ2v) is 11.7. The molecule has 0 aromatic rings. The average Bonchev–Trinajstić information content (AvgIpc) is 2.39. The molecule has 0 saturated heterocycles. The smallest absolute Gasteiger partial charge is 0.339 e. The third kappa shape index (κ3) is 6.76. The number of hydrogen-bond acceptors (Lipinski definition) is 4.